The molecule has 8 nitrogen and oxygen atoms in total. The summed E-state index contributed by atoms with van der Waals surface area (Å²) in [5.74, 6) is -1.09. The van der Waals surface area contributed by atoms with Gasteiger partial charge in [-0.25, -0.2) is 4.79 Å². The Morgan fingerprint density at radius 3 is 2.70 bits per heavy atom. The number of azide groups is 1. The van der Waals surface area contributed by atoms with Crippen LogP contribution >= 0.6 is 11.8 Å². The summed E-state index contributed by atoms with van der Waals surface area (Å²) >= 11 is 1.37. The fraction of sp³-hybridized carbons (Fsp3) is 0.647. The second kappa shape index (κ2) is 8.10. The second-order valence-electron chi connectivity index (χ2n) is 7.94. The zero-order valence-electron chi connectivity index (χ0n) is 16.4. The lowest BCUT2D eigenvalue weighted by Crippen LogP contribution is -2.60. The molecule has 0 unspecified atom stereocenters. The SMILES string of the molecule is C=CCOC(=O)C1=C(CN=[N+]=[N-])S[C@@H]2[C@@H](CO[Si](C)(C)C(C)(C)C)C(=O)N12. The van der Waals surface area contributed by atoms with E-state index in [0.29, 0.717) is 11.5 Å². The zero-order valence-corrected chi connectivity index (χ0v) is 18.2. The fourth-order valence-corrected chi connectivity index (χ4v) is 4.94. The highest BCUT2D eigenvalue weighted by Crippen LogP contribution is 2.50. The maximum absolute atomic E-state index is 12.7. The van der Waals surface area contributed by atoms with Gasteiger partial charge in [-0.15, -0.1) is 11.8 Å². The van der Waals surface area contributed by atoms with Crippen LogP contribution in [0.2, 0.25) is 18.1 Å². The summed E-state index contributed by atoms with van der Waals surface area (Å²) in [6, 6.07) is 0. The maximum atomic E-state index is 12.7. The van der Waals surface area contributed by atoms with Gasteiger partial charge in [0.25, 0.3) is 0 Å². The van der Waals surface area contributed by atoms with Gasteiger partial charge < -0.3 is 9.16 Å². The van der Waals surface area contributed by atoms with E-state index in [9.17, 15) is 9.59 Å². The van der Waals surface area contributed by atoms with Crippen LogP contribution in [0.15, 0.2) is 28.4 Å². The summed E-state index contributed by atoms with van der Waals surface area (Å²) in [6.45, 7) is 14.6. The van der Waals surface area contributed by atoms with Crippen molar-refractivity contribution < 1.29 is 18.8 Å². The Morgan fingerprint density at radius 2 is 2.15 bits per heavy atom. The zero-order chi connectivity index (χ0) is 20.4. The van der Waals surface area contributed by atoms with Gasteiger partial charge in [0.2, 0.25) is 5.91 Å². The van der Waals surface area contributed by atoms with Crippen LogP contribution in [0, 0.1) is 5.92 Å². The van der Waals surface area contributed by atoms with E-state index in [4.69, 9.17) is 14.7 Å². The molecule has 1 saturated heterocycles. The molecular formula is C17H26N4O4SSi. The van der Waals surface area contributed by atoms with Crippen LogP contribution in [0.3, 0.4) is 0 Å². The van der Waals surface area contributed by atoms with Crippen LogP contribution in [0.5, 0.6) is 0 Å². The number of nitrogens with zero attached hydrogens (tertiary/aromatic N) is 4. The van der Waals surface area contributed by atoms with Crippen molar-refractivity contribution >= 4 is 32.0 Å². The molecule has 2 atom stereocenters. The molecule has 2 aliphatic heterocycles. The highest BCUT2D eigenvalue weighted by Gasteiger charge is 2.56. The Balaban J connectivity index is 2.14. The van der Waals surface area contributed by atoms with Crippen LogP contribution in [0.25, 0.3) is 10.4 Å². The number of fused-ring (bicyclic) bond motifs is 1. The molecule has 0 N–H and O–H groups in total. The number of rotatable bonds is 8. The standard InChI is InChI=1S/C17H26N4O4SSi/c1-7-8-24-16(23)13-12(9-19-20-18)26-15-11(14(22)21(13)15)10-25-27(5,6)17(2,3)4/h7,11,15H,1,8-10H2,2-6H3/t11-,15+/m0/s1. The van der Waals surface area contributed by atoms with Gasteiger partial charge in [0.05, 0.1) is 12.5 Å². The van der Waals surface area contributed by atoms with E-state index in [0.717, 1.165) is 0 Å². The number of hydrogen-bond donors (Lipinski definition) is 0. The first kappa shape index (κ1) is 21.6. The van der Waals surface area contributed by atoms with Crippen LogP contribution in [-0.2, 0) is 18.8 Å². The predicted molar refractivity (Wildman–Crippen MR) is 107 cm³/mol. The normalized spacial score (nSPS) is 22.1. The average molecular weight is 411 g/mol. The third-order valence-electron chi connectivity index (χ3n) is 5.15. The van der Waals surface area contributed by atoms with Crippen molar-refractivity contribution in [2.75, 3.05) is 19.8 Å². The molecule has 2 rings (SSSR count). The molecule has 148 valence electrons. The third-order valence-corrected chi connectivity index (χ3v) is 11.0. The van der Waals surface area contributed by atoms with Crippen LogP contribution < -0.4 is 0 Å². The van der Waals surface area contributed by atoms with Gasteiger partial charge in [-0.1, -0.05) is 38.5 Å². The van der Waals surface area contributed by atoms with Crippen molar-refractivity contribution in [2.45, 2.75) is 44.3 Å². The molecule has 0 saturated carbocycles. The summed E-state index contributed by atoms with van der Waals surface area (Å²) < 4.78 is 11.3. The van der Waals surface area contributed by atoms with Gasteiger partial charge in [0.1, 0.15) is 17.7 Å². The quantitative estimate of drug-likeness (QED) is 0.115. The molecule has 2 heterocycles. The predicted octanol–water partition coefficient (Wildman–Crippen LogP) is 3.79. The molecule has 0 radical (unpaired) electrons. The van der Waals surface area contributed by atoms with E-state index in [1.807, 2.05) is 0 Å². The number of β-lactam (4-membered cyclic amide) rings is 1. The number of esters is 1. The first-order chi connectivity index (χ1) is 12.5. The average Bonchev–Trinajstić information content (AvgIpc) is 2.91. The minimum atomic E-state index is -1.98. The van der Waals surface area contributed by atoms with Crippen molar-refractivity contribution in [3.05, 3.63) is 33.7 Å². The van der Waals surface area contributed by atoms with E-state index in [2.05, 4.69) is 50.5 Å². The second-order valence-corrected chi connectivity index (χ2v) is 14.0. The van der Waals surface area contributed by atoms with E-state index in [1.165, 1.54) is 22.7 Å². The van der Waals surface area contributed by atoms with Crippen molar-refractivity contribution in [3.8, 4) is 0 Å². The Hall–Kier alpha value is -1.74. The molecule has 10 heteroatoms. The monoisotopic (exact) mass is 410 g/mol. The Labute approximate surface area is 164 Å². The Bertz CT molecular complexity index is 725. The summed E-state index contributed by atoms with van der Waals surface area (Å²) in [7, 11) is -1.98. The minimum Gasteiger partial charge on any atom is -0.457 e. The van der Waals surface area contributed by atoms with Gasteiger partial charge in [-0.3, -0.25) is 9.69 Å². The smallest absolute Gasteiger partial charge is 0.356 e. The highest BCUT2D eigenvalue weighted by atomic mass is 32.2. The number of thioether (sulfide) groups is 1. The first-order valence-corrected chi connectivity index (χ1v) is 12.5. The van der Waals surface area contributed by atoms with Gasteiger partial charge in [-0.2, -0.15) is 0 Å². The number of hydrogen-bond acceptors (Lipinski definition) is 6. The molecule has 0 spiro atoms. The van der Waals surface area contributed by atoms with Gasteiger partial charge in [0.15, 0.2) is 8.32 Å². The van der Waals surface area contributed by atoms with Crippen molar-refractivity contribution in [1.82, 2.24) is 4.90 Å². The van der Waals surface area contributed by atoms with E-state index < -0.39 is 14.3 Å². The Morgan fingerprint density at radius 1 is 1.48 bits per heavy atom. The van der Waals surface area contributed by atoms with Gasteiger partial charge in [-0.05, 0) is 23.7 Å². The molecule has 1 fully saturated rings. The molecule has 27 heavy (non-hydrogen) atoms. The number of carbonyl (C=O) groups is 2. The van der Waals surface area contributed by atoms with Gasteiger partial charge in [0, 0.05) is 16.4 Å². The van der Waals surface area contributed by atoms with Crippen LogP contribution in [0.1, 0.15) is 20.8 Å². The molecule has 1 amide bonds. The lowest BCUT2D eigenvalue weighted by Gasteiger charge is -2.44. The molecule has 0 bridgehead atoms. The van der Waals surface area contributed by atoms with E-state index in [1.54, 1.807) is 0 Å². The minimum absolute atomic E-state index is 0.00970. The maximum Gasteiger partial charge on any atom is 0.356 e. The summed E-state index contributed by atoms with van der Waals surface area (Å²) in [5, 5.41) is 3.37. The summed E-state index contributed by atoms with van der Waals surface area (Å²) in [4.78, 5) is 29.8. The van der Waals surface area contributed by atoms with E-state index >= 15 is 0 Å². The number of ether oxygens (including phenoxy) is 1. The highest BCUT2D eigenvalue weighted by molar-refractivity contribution is 8.04. The van der Waals surface area contributed by atoms with Crippen molar-refractivity contribution in [3.63, 3.8) is 0 Å². The summed E-state index contributed by atoms with van der Waals surface area (Å²) in [5.41, 5.74) is 8.77. The molecule has 2 aliphatic rings. The Kier molecular flexibility index (Phi) is 6.46. The molecule has 0 aromatic heterocycles. The lowest BCUT2D eigenvalue weighted by atomic mass is 9.98. The molecule has 0 aliphatic carbocycles. The molecule has 0 aromatic carbocycles. The third kappa shape index (κ3) is 4.24. The lowest BCUT2D eigenvalue weighted by molar-refractivity contribution is -0.154. The topological polar surface area (TPSA) is 105 Å². The summed E-state index contributed by atoms with van der Waals surface area (Å²) in [6.07, 6.45) is 1.46. The van der Waals surface area contributed by atoms with Gasteiger partial charge >= 0.3 is 5.97 Å². The van der Waals surface area contributed by atoms with Crippen LogP contribution in [0.4, 0.5) is 0 Å². The largest absolute Gasteiger partial charge is 0.457 e. The van der Waals surface area contributed by atoms with Crippen molar-refractivity contribution in [1.29, 1.82) is 0 Å². The van der Waals surface area contributed by atoms with Crippen LogP contribution in [-0.4, -0.2) is 50.2 Å². The molecule has 0 aromatic rings. The fourth-order valence-electron chi connectivity index (χ4n) is 2.52. The first-order valence-electron chi connectivity index (χ1n) is 8.71. The van der Waals surface area contributed by atoms with Crippen molar-refractivity contribution in [2.24, 2.45) is 11.0 Å². The molecular weight excluding hydrogens is 384 g/mol. The van der Waals surface area contributed by atoms with E-state index in [-0.39, 0.29) is 41.1 Å². The number of carbonyl (C=O) groups excluding carboxylic acids is 2. The number of amides is 1.